The Labute approximate surface area is 168 Å². The number of aromatic nitrogens is 2. The zero-order valence-corrected chi connectivity index (χ0v) is 15.9. The molecule has 1 aromatic heterocycles. The van der Waals surface area contributed by atoms with Gasteiger partial charge in [0.15, 0.2) is 11.6 Å². The van der Waals surface area contributed by atoms with E-state index in [1.165, 1.54) is 30.7 Å². The molecule has 2 N–H and O–H groups in total. The van der Waals surface area contributed by atoms with Gasteiger partial charge in [0.05, 0.1) is 6.42 Å². The van der Waals surface area contributed by atoms with E-state index >= 15 is 0 Å². The maximum atomic E-state index is 13.2. The summed E-state index contributed by atoms with van der Waals surface area (Å²) < 4.78 is 13.2. The molecule has 0 unspecified atom stereocenters. The minimum absolute atomic E-state index is 0.0722. The molecule has 4 rings (SSSR count). The molecule has 2 aromatic carbocycles. The van der Waals surface area contributed by atoms with Crippen LogP contribution in [-0.2, 0) is 11.2 Å². The van der Waals surface area contributed by atoms with Crippen LogP contribution in [0.15, 0.2) is 60.7 Å². The van der Waals surface area contributed by atoms with Crippen LogP contribution in [0.1, 0.15) is 18.4 Å². The first-order valence-corrected chi connectivity index (χ1v) is 9.66. The van der Waals surface area contributed by atoms with Crippen molar-refractivity contribution >= 4 is 28.9 Å². The fourth-order valence-electron chi connectivity index (χ4n) is 3.36. The standard InChI is InChI=1S/C22H22FN5O/c23-17-5-3-4-16(14-17)15-22(29)25-21-11-10-20(26-27-21)24-18-6-8-19(9-7-18)28-12-1-2-13-28/h3-11,14H,1-2,12-13,15H2,(H,24,26)(H,25,27,29). The van der Waals surface area contributed by atoms with Gasteiger partial charge in [-0.1, -0.05) is 12.1 Å². The molecule has 0 bridgehead atoms. The summed E-state index contributed by atoms with van der Waals surface area (Å²) in [6.07, 6.45) is 2.57. The quantitative estimate of drug-likeness (QED) is 0.661. The highest BCUT2D eigenvalue weighted by atomic mass is 19.1. The summed E-state index contributed by atoms with van der Waals surface area (Å²) >= 11 is 0. The first kappa shape index (κ1) is 18.9. The van der Waals surface area contributed by atoms with Gasteiger partial charge >= 0.3 is 0 Å². The predicted molar refractivity (Wildman–Crippen MR) is 112 cm³/mol. The van der Waals surface area contributed by atoms with Crippen LogP contribution in [-0.4, -0.2) is 29.2 Å². The SMILES string of the molecule is O=C(Cc1cccc(F)c1)Nc1ccc(Nc2ccc(N3CCCC3)cc2)nn1. The molecule has 1 fully saturated rings. The third kappa shape index (κ3) is 5.07. The zero-order chi connectivity index (χ0) is 20.1. The lowest BCUT2D eigenvalue weighted by atomic mass is 10.1. The minimum atomic E-state index is -0.362. The van der Waals surface area contributed by atoms with Crippen molar-refractivity contribution in [2.45, 2.75) is 19.3 Å². The van der Waals surface area contributed by atoms with Crippen molar-refractivity contribution in [2.24, 2.45) is 0 Å². The van der Waals surface area contributed by atoms with Gasteiger partial charge in [0.25, 0.3) is 0 Å². The highest BCUT2D eigenvalue weighted by Crippen LogP contribution is 2.23. The van der Waals surface area contributed by atoms with E-state index in [0.29, 0.717) is 17.2 Å². The van der Waals surface area contributed by atoms with Gasteiger partial charge in [-0.05, 0) is 66.9 Å². The van der Waals surface area contributed by atoms with Gasteiger partial charge < -0.3 is 15.5 Å². The first-order valence-electron chi connectivity index (χ1n) is 9.66. The second-order valence-corrected chi connectivity index (χ2v) is 7.02. The van der Waals surface area contributed by atoms with E-state index in [2.05, 4.69) is 37.9 Å². The number of nitrogens with one attached hydrogen (secondary N) is 2. The second-order valence-electron chi connectivity index (χ2n) is 7.02. The molecule has 6 nitrogen and oxygen atoms in total. The third-order valence-corrected chi connectivity index (χ3v) is 4.80. The van der Waals surface area contributed by atoms with Crippen LogP contribution in [0.3, 0.4) is 0 Å². The third-order valence-electron chi connectivity index (χ3n) is 4.80. The van der Waals surface area contributed by atoms with E-state index in [4.69, 9.17) is 0 Å². The van der Waals surface area contributed by atoms with E-state index in [0.717, 1.165) is 18.8 Å². The van der Waals surface area contributed by atoms with Crippen molar-refractivity contribution in [2.75, 3.05) is 28.6 Å². The smallest absolute Gasteiger partial charge is 0.229 e. The Hall–Kier alpha value is -3.48. The number of carbonyl (C=O) groups excluding carboxylic acids is 1. The molecule has 29 heavy (non-hydrogen) atoms. The molecule has 3 aromatic rings. The number of carbonyl (C=O) groups is 1. The average molecular weight is 391 g/mol. The van der Waals surface area contributed by atoms with E-state index in [-0.39, 0.29) is 18.1 Å². The van der Waals surface area contributed by atoms with Gasteiger partial charge in [0.1, 0.15) is 5.82 Å². The summed E-state index contributed by atoms with van der Waals surface area (Å²) in [6, 6.07) is 17.6. The average Bonchev–Trinajstić information content (AvgIpc) is 3.25. The van der Waals surface area contributed by atoms with E-state index < -0.39 is 0 Å². The lowest BCUT2D eigenvalue weighted by molar-refractivity contribution is -0.115. The van der Waals surface area contributed by atoms with Crippen molar-refractivity contribution in [3.05, 3.63) is 72.0 Å². The van der Waals surface area contributed by atoms with Gasteiger partial charge in [-0.15, -0.1) is 10.2 Å². The van der Waals surface area contributed by atoms with Crippen molar-refractivity contribution in [1.82, 2.24) is 10.2 Å². The van der Waals surface area contributed by atoms with Crippen LogP contribution in [0.2, 0.25) is 0 Å². The Kier molecular flexibility index (Phi) is 5.65. The molecule has 1 amide bonds. The van der Waals surface area contributed by atoms with Crippen molar-refractivity contribution in [3.63, 3.8) is 0 Å². The summed E-state index contributed by atoms with van der Waals surface area (Å²) in [7, 11) is 0. The highest BCUT2D eigenvalue weighted by Gasteiger charge is 2.12. The Morgan fingerprint density at radius 2 is 1.69 bits per heavy atom. The van der Waals surface area contributed by atoms with Gasteiger partial charge in [-0.3, -0.25) is 4.79 Å². The summed E-state index contributed by atoms with van der Waals surface area (Å²) in [5, 5.41) is 14.0. The van der Waals surface area contributed by atoms with Crippen LogP contribution < -0.4 is 15.5 Å². The molecule has 2 heterocycles. The zero-order valence-electron chi connectivity index (χ0n) is 15.9. The van der Waals surface area contributed by atoms with Crippen molar-refractivity contribution in [3.8, 4) is 0 Å². The lowest BCUT2D eigenvalue weighted by Gasteiger charge is -2.17. The van der Waals surface area contributed by atoms with Gasteiger partial charge in [0.2, 0.25) is 5.91 Å². The first-order chi connectivity index (χ1) is 14.2. The second kappa shape index (κ2) is 8.68. The number of rotatable bonds is 6. The Morgan fingerprint density at radius 3 is 2.38 bits per heavy atom. The van der Waals surface area contributed by atoms with Gasteiger partial charge in [-0.25, -0.2) is 4.39 Å². The molecule has 148 valence electrons. The van der Waals surface area contributed by atoms with Crippen LogP contribution >= 0.6 is 0 Å². The number of amides is 1. The van der Waals surface area contributed by atoms with Crippen molar-refractivity contribution < 1.29 is 9.18 Å². The van der Waals surface area contributed by atoms with E-state index in [9.17, 15) is 9.18 Å². The molecule has 1 aliphatic heterocycles. The van der Waals surface area contributed by atoms with Gasteiger partial charge in [0, 0.05) is 24.5 Å². The van der Waals surface area contributed by atoms with E-state index in [1.807, 2.05) is 12.1 Å². The lowest BCUT2D eigenvalue weighted by Crippen LogP contribution is -2.17. The summed E-state index contributed by atoms with van der Waals surface area (Å²) in [4.78, 5) is 14.5. The number of halogens is 1. The highest BCUT2D eigenvalue weighted by molar-refractivity contribution is 5.91. The Morgan fingerprint density at radius 1 is 0.966 bits per heavy atom. The molecule has 0 aliphatic carbocycles. The largest absolute Gasteiger partial charge is 0.372 e. The molecule has 0 radical (unpaired) electrons. The number of hydrogen-bond acceptors (Lipinski definition) is 5. The Balaban J connectivity index is 1.32. The molecule has 1 saturated heterocycles. The normalized spacial score (nSPS) is 13.3. The van der Waals surface area contributed by atoms with Crippen molar-refractivity contribution in [1.29, 1.82) is 0 Å². The molecule has 0 saturated carbocycles. The van der Waals surface area contributed by atoms with Crippen LogP contribution in [0.25, 0.3) is 0 Å². The molecular formula is C22H22FN5O. The number of anilines is 4. The van der Waals surface area contributed by atoms with E-state index in [1.54, 1.807) is 24.3 Å². The Bertz CT molecular complexity index is 969. The van der Waals surface area contributed by atoms with Crippen LogP contribution in [0.4, 0.5) is 27.4 Å². The maximum absolute atomic E-state index is 13.2. The minimum Gasteiger partial charge on any atom is -0.372 e. The fourth-order valence-corrected chi connectivity index (χ4v) is 3.36. The maximum Gasteiger partial charge on any atom is 0.229 e. The predicted octanol–water partition coefficient (Wildman–Crippen LogP) is 4.14. The summed E-state index contributed by atoms with van der Waals surface area (Å²) in [5.74, 6) is 0.297. The fraction of sp³-hybridized carbons (Fsp3) is 0.227. The summed E-state index contributed by atoms with van der Waals surface area (Å²) in [6.45, 7) is 2.23. The van der Waals surface area contributed by atoms with Crippen LogP contribution in [0, 0.1) is 5.82 Å². The summed E-state index contributed by atoms with van der Waals surface area (Å²) in [5.41, 5.74) is 2.76. The number of nitrogens with zero attached hydrogens (tertiary/aromatic N) is 3. The van der Waals surface area contributed by atoms with Gasteiger partial charge in [-0.2, -0.15) is 0 Å². The monoisotopic (exact) mass is 391 g/mol. The number of benzene rings is 2. The molecule has 7 heteroatoms. The van der Waals surface area contributed by atoms with Crippen LogP contribution in [0.5, 0.6) is 0 Å². The molecular weight excluding hydrogens is 369 g/mol. The molecule has 0 atom stereocenters. The molecule has 1 aliphatic rings. The number of hydrogen-bond donors (Lipinski definition) is 2. The topological polar surface area (TPSA) is 70.2 Å². The molecule has 0 spiro atoms.